The van der Waals surface area contributed by atoms with Crippen LogP contribution in [0.3, 0.4) is 0 Å². The van der Waals surface area contributed by atoms with E-state index in [1.807, 2.05) is 0 Å². The summed E-state index contributed by atoms with van der Waals surface area (Å²) in [4.78, 5) is 0.0167. The Labute approximate surface area is 127 Å². The molecule has 0 amide bonds. The Hall–Kier alpha value is -1.22. The Morgan fingerprint density at radius 2 is 1.60 bits per heavy atom. The van der Waals surface area contributed by atoms with Crippen LogP contribution in [0, 0.1) is 32.4 Å². The lowest BCUT2D eigenvalue weighted by Crippen LogP contribution is -2.03. The highest BCUT2D eigenvalue weighted by Gasteiger charge is 2.16. The van der Waals surface area contributed by atoms with Crippen LogP contribution >= 0.6 is 15.9 Å². The minimum absolute atomic E-state index is 0.0167. The van der Waals surface area contributed by atoms with Crippen molar-refractivity contribution < 1.29 is 8.78 Å². The number of rotatable bonds is 3. The molecule has 0 aliphatic heterocycles. The van der Waals surface area contributed by atoms with Crippen molar-refractivity contribution in [1.29, 1.82) is 0 Å². The molecule has 2 aromatic carbocycles. The average Bonchev–Trinajstić information content (AvgIpc) is 2.31. The van der Waals surface area contributed by atoms with Gasteiger partial charge in [-0.05, 0) is 55.5 Å². The van der Waals surface area contributed by atoms with E-state index in [1.165, 1.54) is 34.4 Å². The molecule has 0 bridgehead atoms. The first-order valence-electron chi connectivity index (χ1n) is 6.54. The van der Waals surface area contributed by atoms with Gasteiger partial charge in [0, 0.05) is 10.9 Å². The highest BCUT2D eigenvalue weighted by molar-refractivity contribution is 9.09. The third-order valence-corrected chi connectivity index (χ3v) is 4.25. The van der Waals surface area contributed by atoms with E-state index in [0.717, 1.165) is 6.07 Å². The summed E-state index contributed by atoms with van der Waals surface area (Å²) in [7, 11) is 0. The molecule has 106 valence electrons. The van der Waals surface area contributed by atoms with Crippen molar-refractivity contribution in [2.24, 2.45) is 0 Å². The molecule has 3 heteroatoms. The summed E-state index contributed by atoms with van der Waals surface area (Å²) in [5.41, 5.74) is 5.29. The van der Waals surface area contributed by atoms with E-state index >= 15 is 0 Å². The van der Waals surface area contributed by atoms with Gasteiger partial charge in [0.25, 0.3) is 0 Å². The quantitative estimate of drug-likeness (QED) is 0.642. The molecular weight excluding hydrogens is 322 g/mol. The van der Waals surface area contributed by atoms with Crippen molar-refractivity contribution in [2.45, 2.75) is 32.0 Å². The maximum Gasteiger partial charge on any atom is 0.129 e. The topological polar surface area (TPSA) is 0 Å². The van der Waals surface area contributed by atoms with Crippen molar-refractivity contribution in [3.05, 3.63) is 69.8 Å². The van der Waals surface area contributed by atoms with Crippen LogP contribution in [0.4, 0.5) is 8.78 Å². The summed E-state index contributed by atoms with van der Waals surface area (Å²) >= 11 is 3.64. The van der Waals surface area contributed by atoms with Gasteiger partial charge in [0.15, 0.2) is 0 Å². The molecule has 1 atom stereocenters. The lowest BCUT2D eigenvalue weighted by atomic mass is 9.94. The number of benzene rings is 2. The Morgan fingerprint density at radius 3 is 2.15 bits per heavy atom. The zero-order valence-corrected chi connectivity index (χ0v) is 13.4. The van der Waals surface area contributed by atoms with Crippen molar-refractivity contribution in [3.8, 4) is 0 Å². The van der Waals surface area contributed by atoms with Crippen molar-refractivity contribution >= 4 is 15.9 Å². The minimum atomic E-state index is -0.542. The molecule has 0 aromatic heterocycles. The van der Waals surface area contributed by atoms with E-state index in [0.29, 0.717) is 12.0 Å². The zero-order chi connectivity index (χ0) is 14.9. The first kappa shape index (κ1) is 15.2. The lowest BCUT2D eigenvalue weighted by Gasteiger charge is -2.17. The number of alkyl halides is 1. The van der Waals surface area contributed by atoms with Crippen molar-refractivity contribution in [2.75, 3.05) is 0 Å². The largest absolute Gasteiger partial charge is 0.207 e. The smallest absolute Gasteiger partial charge is 0.129 e. The van der Waals surface area contributed by atoms with E-state index < -0.39 is 11.6 Å². The molecule has 0 saturated heterocycles. The first-order valence-corrected chi connectivity index (χ1v) is 7.46. The molecule has 20 heavy (non-hydrogen) atoms. The molecule has 0 saturated carbocycles. The molecule has 0 nitrogen and oxygen atoms in total. The third kappa shape index (κ3) is 3.26. The molecule has 0 N–H and O–H groups in total. The van der Waals surface area contributed by atoms with Crippen LogP contribution < -0.4 is 0 Å². The van der Waals surface area contributed by atoms with Gasteiger partial charge in [-0.1, -0.05) is 39.7 Å². The van der Waals surface area contributed by atoms with E-state index in [9.17, 15) is 8.78 Å². The van der Waals surface area contributed by atoms with E-state index in [-0.39, 0.29) is 4.83 Å². The summed E-state index contributed by atoms with van der Waals surface area (Å²) in [5.74, 6) is -1.03. The second kappa shape index (κ2) is 6.04. The van der Waals surface area contributed by atoms with Gasteiger partial charge in [0.05, 0.1) is 0 Å². The van der Waals surface area contributed by atoms with Crippen molar-refractivity contribution in [3.63, 3.8) is 0 Å². The van der Waals surface area contributed by atoms with Gasteiger partial charge in [-0.15, -0.1) is 0 Å². The lowest BCUT2D eigenvalue weighted by molar-refractivity contribution is 0.571. The van der Waals surface area contributed by atoms with Crippen LogP contribution in [0.2, 0.25) is 0 Å². The van der Waals surface area contributed by atoms with Crippen LogP contribution in [0.1, 0.15) is 32.6 Å². The molecule has 2 aromatic rings. The summed E-state index contributed by atoms with van der Waals surface area (Å²) in [6.45, 7) is 6.18. The minimum Gasteiger partial charge on any atom is -0.207 e. The molecule has 0 fully saturated rings. The molecule has 0 heterocycles. The molecule has 1 unspecified atom stereocenters. The summed E-state index contributed by atoms with van der Waals surface area (Å²) in [5, 5.41) is 0. The maximum absolute atomic E-state index is 13.7. The van der Waals surface area contributed by atoms with Crippen LogP contribution in [-0.4, -0.2) is 0 Å². The van der Waals surface area contributed by atoms with Gasteiger partial charge in [-0.3, -0.25) is 0 Å². The SMILES string of the molecule is Cc1cc(C)c(C(Br)Cc2ccc(F)cc2F)c(C)c1. The summed E-state index contributed by atoms with van der Waals surface area (Å²) in [6.07, 6.45) is 0.497. The second-order valence-electron chi connectivity index (χ2n) is 5.22. The fraction of sp³-hybridized carbons (Fsp3) is 0.294. The standard InChI is InChI=1S/C17H17BrF2/c1-10-6-11(2)17(12(3)7-10)15(18)8-13-4-5-14(19)9-16(13)20/h4-7,9,15H,8H2,1-3H3. The predicted octanol–water partition coefficient (Wildman–Crippen LogP) is 5.57. The molecular formula is C17H17BrF2. The van der Waals surface area contributed by atoms with Crippen LogP contribution in [0.25, 0.3) is 0 Å². The number of hydrogen-bond donors (Lipinski definition) is 0. The van der Waals surface area contributed by atoms with E-state index in [2.05, 4.69) is 48.8 Å². The molecule has 0 radical (unpaired) electrons. The summed E-state index contributed by atoms with van der Waals surface area (Å²) in [6, 6.07) is 7.99. The Morgan fingerprint density at radius 1 is 1.00 bits per heavy atom. The number of halogens is 3. The van der Waals surface area contributed by atoms with Crippen LogP contribution in [-0.2, 0) is 6.42 Å². The number of hydrogen-bond acceptors (Lipinski definition) is 0. The number of aryl methyl sites for hydroxylation is 3. The van der Waals surface area contributed by atoms with Gasteiger partial charge < -0.3 is 0 Å². The van der Waals surface area contributed by atoms with Gasteiger partial charge in [0.1, 0.15) is 11.6 Å². The van der Waals surface area contributed by atoms with Crippen LogP contribution in [0.15, 0.2) is 30.3 Å². The summed E-state index contributed by atoms with van der Waals surface area (Å²) < 4.78 is 26.7. The maximum atomic E-state index is 13.7. The second-order valence-corrected chi connectivity index (χ2v) is 6.33. The fourth-order valence-corrected chi connectivity index (χ4v) is 3.74. The fourth-order valence-electron chi connectivity index (χ4n) is 2.67. The van der Waals surface area contributed by atoms with E-state index in [4.69, 9.17) is 0 Å². The molecule has 0 spiro atoms. The Kier molecular flexibility index (Phi) is 4.59. The molecule has 0 aliphatic carbocycles. The predicted molar refractivity (Wildman–Crippen MR) is 82.4 cm³/mol. The van der Waals surface area contributed by atoms with Gasteiger partial charge >= 0.3 is 0 Å². The molecule has 0 aliphatic rings. The third-order valence-electron chi connectivity index (χ3n) is 3.47. The monoisotopic (exact) mass is 338 g/mol. The highest BCUT2D eigenvalue weighted by atomic mass is 79.9. The van der Waals surface area contributed by atoms with Gasteiger partial charge in [-0.25, -0.2) is 8.78 Å². The van der Waals surface area contributed by atoms with Crippen molar-refractivity contribution in [1.82, 2.24) is 0 Å². The molecule has 2 rings (SSSR count). The Balaban J connectivity index is 2.31. The van der Waals surface area contributed by atoms with E-state index in [1.54, 1.807) is 0 Å². The average molecular weight is 339 g/mol. The van der Waals surface area contributed by atoms with Crippen LogP contribution in [0.5, 0.6) is 0 Å². The zero-order valence-electron chi connectivity index (χ0n) is 11.8. The highest BCUT2D eigenvalue weighted by Crippen LogP contribution is 2.33. The van der Waals surface area contributed by atoms with Gasteiger partial charge in [0.2, 0.25) is 0 Å². The Bertz CT molecular complexity index is 612. The first-order chi connectivity index (χ1) is 9.38. The normalized spacial score (nSPS) is 12.5. The van der Waals surface area contributed by atoms with Gasteiger partial charge in [-0.2, -0.15) is 0 Å².